The van der Waals surface area contributed by atoms with Gasteiger partial charge in [0.1, 0.15) is 6.61 Å². The van der Waals surface area contributed by atoms with Gasteiger partial charge in [-0.2, -0.15) is 0 Å². The molecule has 1 heterocycles. The smallest absolute Gasteiger partial charge is 0.407 e. The highest BCUT2D eigenvalue weighted by atomic mass is 16.5. The Bertz CT molecular complexity index is 1050. The molecule has 0 bridgehead atoms. The number of ether oxygens (including phenoxy) is 1. The van der Waals surface area contributed by atoms with Crippen LogP contribution in [0.2, 0.25) is 0 Å². The van der Waals surface area contributed by atoms with E-state index in [2.05, 4.69) is 29.6 Å². The fourth-order valence-electron chi connectivity index (χ4n) is 5.61. The van der Waals surface area contributed by atoms with E-state index in [4.69, 9.17) is 4.74 Å². The molecule has 2 aliphatic carbocycles. The van der Waals surface area contributed by atoms with E-state index in [1.165, 1.54) is 22.3 Å². The molecule has 0 aromatic heterocycles. The molecule has 178 valence electrons. The Balaban J connectivity index is 1.07. The fraction of sp³-hybridized carbons (Fsp3) is 0.444. The van der Waals surface area contributed by atoms with Crippen LogP contribution in [0, 0.1) is 11.8 Å². The highest BCUT2D eigenvalue weighted by Crippen LogP contribution is 2.44. The van der Waals surface area contributed by atoms with Gasteiger partial charge in [-0.15, -0.1) is 0 Å². The lowest BCUT2D eigenvalue weighted by atomic mass is 9.78. The van der Waals surface area contributed by atoms with Crippen molar-refractivity contribution in [3.05, 3.63) is 59.7 Å². The molecule has 7 heteroatoms. The van der Waals surface area contributed by atoms with Crippen LogP contribution in [-0.4, -0.2) is 53.7 Å². The molecule has 2 amide bonds. The minimum Gasteiger partial charge on any atom is -0.481 e. The molecule has 2 fully saturated rings. The minimum atomic E-state index is -0.825. The Morgan fingerprint density at radius 3 is 2.29 bits per heavy atom. The van der Waals surface area contributed by atoms with Crippen LogP contribution >= 0.6 is 0 Å². The second-order valence-corrected chi connectivity index (χ2v) is 9.73. The van der Waals surface area contributed by atoms with Crippen molar-refractivity contribution in [2.45, 2.75) is 44.1 Å². The van der Waals surface area contributed by atoms with Gasteiger partial charge in [-0.05, 0) is 53.9 Å². The molecule has 0 spiro atoms. The average molecular weight is 463 g/mol. The number of carboxylic acid groups (broad SMARTS) is 1. The van der Waals surface area contributed by atoms with E-state index < -0.39 is 18.0 Å². The third kappa shape index (κ3) is 4.52. The molecule has 5 rings (SSSR count). The summed E-state index contributed by atoms with van der Waals surface area (Å²) in [5, 5.41) is 12.1. The van der Waals surface area contributed by atoms with Crippen molar-refractivity contribution >= 4 is 18.0 Å². The number of carbonyl (C=O) groups is 3. The number of alkyl carbamates (subject to hydrolysis) is 1. The summed E-state index contributed by atoms with van der Waals surface area (Å²) in [5.41, 5.74) is 4.76. The number of aliphatic carboxylic acids is 1. The van der Waals surface area contributed by atoms with Crippen LogP contribution in [0.5, 0.6) is 0 Å². The number of nitrogens with one attached hydrogen (secondary N) is 1. The van der Waals surface area contributed by atoms with Crippen LogP contribution in [0.4, 0.5) is 4.79 Å². The third-order valence-corrected chi connectivity index (χ3v) is 7.49. The molecular weight excluding hydrogens is 432 g/mol. The molecule has 1 saturated heterocycles. The Labute approximate surface area is 199 Å². The van der Waals surface area contributed by atoms with E-state index in [1.54, 1.807) is 4.90 Å². The standard InChI is InChI=1S/C27H30N2O5/c30-25(29-11-5-6-18(15-29)26(31)32)14-17-12-19(13-17)28-27(33)34-16-24-22-9-3-1-7-20(22)21-8-2-4-10-23(21)24/h1-4,7-10,17-19,24H,5-6,11-16H2,(H,28,33)(H,31,32)/t17?,18-,19?/m0/s1. The number of hydrogen-bond acceptors (Lipinski definition) is 4. The number of fused-ring (bicyclic) bond motifs is 3. The molecular formula is C27H30N2O5. The van der Waals surface area contributed by atoms with Gasteiger partial charge >= 0.3 is 12.1 Å². The van der Waals surface area contributed by atoms with Crippen molar-refractivity contribution in [3.8, 4) is 11.1 Å². The molecule has 0 radical (unpaired) electrons. The van der Waals surface area contributed by atoms with Gasteiger partial charge in [-0.1, -0.05) is 48.5 Å². The van der Waals surface area contributed by atoms with Gasteiger partial charge in [0, 0.05) is 31.5 Å². The second-order valence-electron chi connectivity index (χ2n) is 9.73. The van der Waals surface area contributed by atoms with Crippen LogP contribution < -0.4 is 5.32 Å². The number of likely N-dealkylation sites (tertiary alicyclic amines) is 1. The highest BCUT2D eigenvalue weighted by molar-refractivity contribution is 5.79. The maximum absolute atomic E-state index is 12.6. The number of hydrogen-bond donors (Lipinski definition) is 2. The zero-order chi connectivity index (χ0) is 23.7. The molecule has 2 aromatic carbocycles. The van der Waals surface area contributed by atoms with Crippen molar-refractivity contribution in [2.24, 2.45) is 11.8 Å². The van der Waals surface area contributed by atoms with E-state index >= 15 is 0 Å². The molecule has 2 N–H and O–H groups in total. The Hall–Kier alpha value is -3.35. The van der Waals surface area contributed by atoms with E-state index in [9.17, 15) is 19.5 Å². The first-order valence-electron chi connectivity index (χ1n) is 12.1. The highest BCUT2D eigenvalue weighted by Gasteiger charge is 2.35. The van der Waals surface area contributed by atoms with Gasteiger partial charge in [0.15, 0.2) is 0 Å². The maximum atomic E-state index is 12.6. The molecule has 1 saturated carbocycles. The van der Waals surface area contributed by atoms with Gasteiger partial charge in [0.05, 0.1) is 5.92 Å². The summed E-state index contributed by atoms with van der Waals surface area (Å²) in [7, 11) is 0. The van der Waals surface area contributed by atoms with E-state index in [1.807, 2.05) is 24.3 Å². The SMILES string of the molecule is O=C(NC1CC(CC(=O)N2CCC[C@H](C(=O)O)C2)C1)OCC1c2ccccc2-c2ccccc21. The lowest BCUT2D eigenvalue weighted by Crippen LogP contribution is -2.47. The van der Waals surface area contributed by atoms with E-state index in [-0.39, 0.29) is 30.4 Å². The average Bonchev–Trinajstić information content (AvgIpc) is 3.15. The van der Waals surface area contributed by atoms with Crippen molar-refractivity contribution in [1.29, 1.82) is 0 Å². The summed E-state index contributed by atoms with van der Waals surface area (Å²) in [5.74, 6) is -1.01. The number of piperidine rings is 1. The zero-order valence-electron chi connectivity index (χ0n) is 19.1. The van der Waals surface area contributed by atoms with Gasteiger partial charge in [-0.3, -0.25) is 9.59 Å². The summed E-state index contributed by atoms with van der Waals surface area (Å²) in [6.45, 7) is 1.23. The predicted molar refractivity (Wildman–Crippen MR) is 126 cm³/mol. The Morgan fingerprint density at radius 1 is 1.00 bits per heavy atom. The van der Waals surface area contributed by atoms with Crippen LogP contribution in [-0.2, 0) is 14.3 Å². The van der Waals surface area contributed by atoms with Crippen LogP contribution in [0.15, 0.2) is 48.5 Å². The number of carbonyl (C=O) groups excluding carboxylic acids is 2. The number of nitrogens with zero attached hydrogens (tertiary/aromatic N) is 1. The Morgan fingerprint density at radius 2 is 1.65 bits per heavy atom. The molecule has 1 aliphatic heterocycles. The summed E-state index contributed by atoms with van der Waals surface area (Å²) in [4.78, 5) is 37.9. The van der Waals surface area contributed by atoms with Gasteiger partial charge in [0.2, 0.25) is 5.91 Å². The van der Waals surface area contributed by atoms with Gasteiger partial charge in [0.25, 0.3) is 0 Å². The molecule has 3 aliphatic rings. The van der Waals surface area contributed by atoms with Crippen LogP contribution in [0.25, 0.3) is 11.1 Å². The number of carboxylic acids is 1. The largest absolute Gasteiger partial charge is 0.481 e. The normalized spacial score (nSPS) is 23.4. The summed E-state index contributed by atoms with van der Waals surface area (Å²) < 4.78 is 5.61. The minimum absolute atomic E-state index is 0.0153. The monoisotopic (exact) mass is 462 g/mol. The molecule has 2 aromatic rings. The predicted octanol–water partition coefficient (Wildman–Crippen LogP) is 4.02. The number of amides is 2. The van der Waals surface area contributed by atoms with Crippen molar-refractivity contribution in [3.63, 3.8) is 0 Å². The lowest BCUT2D eigenvalue weighted by Gasteiger charge is -2.37. The van der Waals surface area contributed by atoms with Gasteiger partial charge in [-0.25, -0.2) is 4.79 Å². The van der Waals surface area contributed by atoms with Crippen molar-refractivity contribution < 1.29 is 24.2 Å². The second kappa shape index (κ2) is 9.49. The number of benzene rings is 2. The van der Waals surface area contributed by atoms with Crippen LogP contribution in [0.1, 0.15) is 49.1 Å². The fourth-order valence-corrected chi connectivity index (χ4v) is 5.61. The summed E-state index contributed by atoms with van der Waals surface area (Å²) >= 11 is 0. The molecule has 1 atom stereocenters. The lowest BCUT2D eigenvalue weighted by molar-refractivity contribution is -0.146. The first-order valence-corrected chi connectivity index (χ1v) is 12.1. The first-order chi connectivity index (χ1) is 16.5. The maximum Gasteiger partial charge on any atom is 0.407 e. The van der Waals surface area contributed by atoms with E-state index in [0.29, 0.717) is 25.9 Å². The molecule has 0 unspecified atom stereocenters. The quantitative estimate of drug-likeness (QED) is 0.676. The van der Waals surface area contributed by atoms with Crippen molar-refractivity contribution in [2.75, 3.05) is 19.7 Å². The topological polar surface area (TPSA) is 95.9 Å². The molecule has 7 nitrogen and oxygen atoms in total. The van der Waals surface area contributed by atoms with Gasteiger partial charge < -0.3 is 20.1 Å². The van der Waals surface area contributed by atoms with E-state index in [0.717, 1.165) is 19.3 Å². The third-order valence-electron chi connectivity index (χ3n) is 7.49. The number of rotatable bonds is 6. The summed E-state index contributed by atoms with van der Waals surface area (Å²) in [6, 6.07) is 16.5. The molecule has 34 heavy (non-hydrogen) atoms. The zero-order valence-corrected chi connectivity index (χ0v) is 19.1. The van der Waals surface area contributed by atoms with Crippen LogP contribution in [0.3, 0.4) is 0 Å². The van der Waals surface area contributed by atoms with Crippen molar-refractivity contribution in [1.82, 2.24) is 10.2 Å². The Kier molecular flexibility index (Phi) is 6.26. The summed E-state index contributed by atoms with van der Waals surface area (Å²) in [6.07, 6.45) is 2.85. The first kappa shape index (κ1) is 22.4.